The molecule has 0 saturated carbocycles. The van der Waals surface area contributed by atoms with Gasteiger partial charge in [-0.05, 0) is 67.6 Å². The molecule has 4 N–H and O–H groups in total. The Morgan fingerprint density at radius 1 is 1.00 bits per heavy atom. The van der Waals surface area contributed by atoms with Gasteiger partial charge in [0.25, 0.3) is 16.0 Å². The van der Waals surface area contributed by atoms with E-state index in [9.17, 15) is 13.2 Å². The van der Waals surface area contributed by atoms with Gasteiger partial charge in [0.2, 0.25) is 5.95 Å². The number of amides is 1. The number of carbonyl (C=O) groups is 1. The first-order chi connectivity index (χ1) is 20.5. The third-order valence-electron chi connectivity index (χ3n) is 6.58. The van der Waals surface area contributed by atoms with Crippen molar-refractivity contribution in [3.63, 3.8) is 0 Å². The largest absolute Gasteiger partial charge is 0.324 e. The van der Waals surface area contributed by atoms with Crippen LogP contribution in [0.25, 0.3) is 11.3 Å². The summed E-state index contributed by atoms with van der Waals surface area (Å²) < 4.78 is 25.9. The van der Waals surface area contributed by atoms with Crippen LogP contribution in [0.3, 0.4) is 0 Å². The van der Waals surface area contributed by atoms with Crippen LogP contribution < -0.4 is 16.1 Å². The second-order valence-corrected chi connectivity index (χ2v) is 11.6. The average Bonchev–Trinajstić information content (AvgIpc) is 2.98. The number of hydrogen-bond acceptors (Lipinski definition) is 10. The van der Waals surface area contributed by atoms with Crippen LogP contribution in [0.5, 0.6) is 0 Å². The van der Waals surface area contributed by atoms with Crippen LogP contribution in [0.2, 0.25) is 0 Å². The van der Waals surface area contributed by atoms with Crippen molar-refractivity contribution >= 4 is 33.3 Å². The summed E-state index contributed by atoms with van der Waals surface area (Å²) in [6.07, 6.45) is 5.92. The van der Waals surface area contributed by atoms with Crippen molar-refractivity contribution in [2.24, 2.45) is 0 Å². The number of likely N-dealkylation sites (N-methyl/N-ethyl adjacent to an activating group) is 1. The summed E-state index contributed by atoms with van der Waals surface area (Å²) in [7, 11) is -1.52. The number of anilines is 3. The number of rotatable bonds is 8. The molecular weight excluding hydrogens is 568 g/mol. The molecule has 2 aromatic heterocycles. The van der Waals surface area contributed by atoms with Crippen LogP contribution in [0.1, 0.15) is 21.5 Å². The lowest BCUT2D eigenvalue weighted by molar-refractivity contribution is 0.102. The van der Waals surface area contributed by atoms with Gasteiger partial charge >= 0.3 is 0 Å². The monoisotopic (exact) mass is 604 g/mol. The number of piperazine rings is 1. The molecule has 1 aliphatic rings. The van der Waals surface area contributed by atoms with Crippen LogP contribution in [-0.4, -0.2) is 83.2 Å². The number of carbonyl (C=O) groups excluding carboxylic acids is 1. The van der Waals surface area contributed by atoms with Crippen LogP contribution in [0.4, 0.5) is 17.3 Å². The van der Waals surface area contributed by atoms with E-state index in [0.717, 1.165) is 60.8 Å². The lowest BCUT2D eigenvalue weighted by Crippen LogP contribution is -2.50. The molecule has 1 fully saturated rings. The summed E-state index contributed by atoms with van der Waals surface area (Å²) in [6, 6.07) is 19.1. The first-order valence-corrected chi connectivity index (χ1v) is 15.5. The van der Waals surface area contributed by atoms with E-state index in [1.54, 1.807) is 18.6 Å². The maximum absolute atomic E-state index is 12.9. The molecule has 43 heavy (non-hydrogen) atoms. The molecular formula is C30H36N8O4S. The Kier molecular flexibility index (Phi) is 10.9. The van der Waals surface area contributed by atoms with E-state index < -0.39 is 10.1 Å². The maximum atomic E-state index is 12.9. The van der Waals surface area contributed by atoms with Crippen LogP contribution in [0.15, 0.2) is 79.3 Å². The number of aryl methyl sites for hydroxylation is 1. The third-order valence-corrected chi connectivity index (χ3v) is 6.58. The van der Waals surface area contributed by atoms with Gasteiger partial charge in [-0.3, -0.25) is 19.8 Å². The molecule has 3 heterocycles. The molecule has 0 spiro atoms. The average molecular weight is 605 g/mol. The number of hydrazine groups is 1. The van der Waals surface area contributed by atoms with Gasteiger partial charge in [0.15, 0.2) is 0 Å². The molecule has 0 unspecified atom stereocenters. The van der Waals surface area contributed by atoms with Crippen molar-refractivity contribution in [2.75, 3.05) is 50.1 Å². The van der Waals surface area contributed by atoms with Gasteiger partial charge in [-0.25, -0.2) is 15.0 Å². The lowest BCUT2D eigenvalue weighted by atomic mass is 10.1. The second-order valence-electron chi connectivity index (χ2n) is 10.2. The van der Waals surface area contributed by atoms with Gasteiger partial charge in [-0.2, -0.15) is 8.42 Å². The quantitative estimate of drug-likeness (QED) is 0.218. The molecule has 12 nitrogen and oxygen atoms in total. The van der Waals surface area contributed by atoms with E-state index >= 15 is 0 Å². The number of nitrogens with zero attached hydrogens (tertiary/aromatic N) is 5. The smallest absolute Gasteiger partial charge is 0.261 e. The molecule has 5 rings (SSSR count). The number of nitrogens with one attached hydrogen (secondary N) is 3. The van der Waals surface area contributed by atoms with E-state index in [1.807, 2.05) is 67.6 Å². The SMILES string of the molecule is CS(=O)(=O)O.Cc1ccc(NC(=O)c2ccc(CNN3CCN(C)CC3)cc2)cc1Nc1nccc(-c2cccnc2)n1. The minimum Gasteiger partial charge on any atom is -0.324 e. The highest BCUT2D eigenvalue weighted by molar-refractivity contribution is 7.85. The molecule has 0 radical (unpaired) electrons. The van der Waals surface area contributed by atoms with Gasteiger partial charge < -0.3 is 15.5 Å². The normalized spacial score (nSPS) is 14.0. The Balaban J connectivity index is 0.000000782. The Bertz CT molecular complexity index is 1600. The fourth-order valence-corrected chi connectivity index (χ4v) is 4.19. The van der Waals surface area contributed by atoms with E-state index in [0.29, 0.717) is 23.5 Å². The van der Waals surface area contributed by atoms with Crippen molar-refractivity contribution in [3.8, 4) is 11.3 Å². The fourth-order valence-electron chi connectivity index (χ4n) is 4.19. The van der Waals surface area contributed by atoms with Crippen LogP contribution in [-0.2, 0) is 16.7 Å². The summed E-state index contributed by atoms with van der Waals surface area (Å²) in [5, 5.41) is 8.53. The van der Waals surface area contributed by atoms with Gasteiger partial charge in [0.05, 0.1) is 11.9 Å². The molecule has 2 aromatic carbocycles. The predicted molar refractivity (Wildman–Crippen MR) is 168 cm³/mol. The number of aromatic nitrogens is 3. The molecule has 0 atom stereocenters. The maximum Gasteiger partial charge on any atom is 0.261 e. The minimum atomic E-state index is -3.67. The van der Waals surface area contributed by atoms with E-state index in [1.165, 1.54) is 0 Å². The molecule has 13 heteroatoms. The van der Waals surface area contributed by atoms with Gasteiger partial charge in [0, 0.05) is 73.8 Å². The zero-order valence-corrected chi connectivity index (χ0v) is 25.2. The Hall–Kier alpha value is -4.27. The van der Waals surface area contributed by atoms with E-state index in [2.05, 4.69) is 48.0 Å². The Morgan fingerprint density at radius 2 is 1.72 bits per heavy atom. The summed E-state index contributed by atoms with van der Waals surface area (Å²) in [5.41, 5.74) is 9.42. The second kappa shape index (κ2) is 14.8. The van der Waals surface area contributed by atoms with E-state index in [4.69, 9.17) is 4.55 Å². The topological polar surface area (TPSA) is 153 Å². The first-order valence-electron chi connectivity index (χ1n) is 13.6. The molecule has 226 valence electrons. The lowest BCUT2D eigenvalue weighted by Gasteiger charge is -2.32. The van der Waals surface area contributed by atoms with Crippen LogP contribution in [0, 0.1) is 6.92 Å². The molecule has 4 aromatic rings. The summed E-state index contributed by atoms with van der Waals surface area (Å²) >= 11 is 0. The zero-order valence-electron chi connectivity index (χ0n) is 24.4. The van der Waals surface area contributed by atoms with Crippen LogP contribution >= 0.6 is 0 Å². The first kappa shape index (κ1) is 31.7. The highest BCUT2D eigenvalue weighted by Crippen LogP contribution is 2.24. The summed E-state index contributed by atoms with van der Waals surface area (Å²) in [6.45, 7) is 6.87. The van der Waals surface area contributed by atoms with Crippen molar-refractivity contribution in [1.82, 2.24) is 30.3 Å². The van der Waals surface area contributed by atoms with Gasteiger partial charge in [-0.15, -0.1) is 0 Å². The number of hydrogen-bond donors (Lipinski definition) is 4. The highest BCUT2D eigenvalue weighted by Gasteiger charge is 2.13. The van der Waals surface area contributed by atoms with Gasteiger partial charge in [0.1, 0.15) is 0 Å². The predicted octanol–water partition coefficient (Wildman–Crippen LogP) is 3.60. The molecule has 1 amide bonds. The van der Waals surface area contributed by atoms with Crippen molar-refractivity contribution in [3.05, 3.63) is 95.9 Å². The molecule has 0 aliphatic carbocycles. The zero-order chi connectivity index (χ0) is 30.8. The third kappa shape index (κ3) is 10.5. The van der Waals surface area contributed by atoms with Crippen molar-refractivity contribution in [2.45, 2.75) is 13.5 Å². The van der Waals surface area contributed by atoms with Crippen molar-refractivity contribution in [1.29, 1.82) is 0 Å². The molecule has 1 saturated heterocycles. The molecule has 1 aliphatic heterocycles. The summed E-state index contributed by atoms with van der Waals surface area (Å²) in [4.78, 5) is 28.4. The van der Waals surface area contributed by atoms with E-state index in [-0.39, 0.29) is 5.91 Å². The Morgan fingerprint density at radius 3 is 2.40 bits per heavy atom. The molecule has 0 bridgehead atoms. The number of benzene rings is 2. The fraction of sp³-hybridized carbons (Fsp3) is 0.267. The number of pyridine rings is 1. The minimum absolute atomic E-state index is 0.159. The van der Waals surface area contributed by atoms with Gasteiger partial charge in [-0.1, -0.05) is 18.2 Å². The standard InChI is InChI=1S/C29H32N8O.CH4O3S/c1-21-5-10-25(18-27(21)35-29-31-13-11-26(34-29)24-4-3-12-30-20-24)33-28(38)23-8-6-22(7-9-23)19-32-37-16-14-36(2)15-17-37;1-5(2,3)4/h3-13,18,20,32H,14-17,19H2,1-2H3,(H,33,38)(H,31,34,35);1H3,(H,2,3,4). The summed E-state index contributed by atoms with van der Waals surface area (Å²) in [5.74, 6) is 0.312. The Labute approximate surface area is 251 Å². The highest BCUT2D eigenvalue weighted by atomic mass is 32.2. The van der Waals surface area contributed by atoms with Crippen molar-refractivity contribution < 1.29 is 17.8 Å².